The van der Waals surface area contributed by atoms with E-state index in [1.165, 1.54) is 108 Å². The predicted octanol–water partition coefficient (Wildman–Crippen LogP) is 9.69. The highest BCUT2D eigenvalue weighted by atomic mass is 14.3. The van der Waals surface area contributed by atoms with Crippen molar-refractivity contribution in [3.05, 3.63) is 41.5 Å². The Kier molecular flexibility index (Phi) is 9.84. The maximum Gasteiger partial charge on any atom is -0.0162 e. The summed E-state index contributed by atoms with van der Waals surface area (Å²) in [5, 5.41) is 0. The van der Waals surface area contributed by atoms with E-state index in [1.807, 2.05) is 0 Å². The van der Waals surface area contributed by atoms with Crippen LogP contribution in [0.4, 0.5) is 0 Å². The first-order valence-electron chi connectivity index (χ1n) is 13.1. The monoisotopic (exact) mass is 394 g/mol. The van der Waals surface area contributed by atoms with Crippen molar-refractivity contribution in [2.45, 2.75) is 122 Å². The topological polar surface area (TPSA) is 0 Å². The molecule has 1 aromatic carbocycles. The van der Waals surface area contributed by atoms with Crippen molar-refractivity contribution in [2.75, 3.05) is 0 Å². The van der Waals surface area contributed by atoms with Gasteiger partial charge >= 0.3 is 0 Å². The van der Waals surface area contributed by atoms with E-state index in [0.717, 1.165) is 17.8 Å². The summed E-state index contributed by atoms with van der Waals surface area (Å²) in [5.74, 6) is 2.78. The number of allylic oxidation sites excluding steroid dienone is 2. The Morgan fingerprint density at radius 3 is 2.00 bits per heavy atom. The molecule has 29 heavy (non-hydrogen) atoms. The lowest BCUT2D eigenvalue weighted by Crippen LogP contribution is -2.13. The van der Waals surface area contributed by atoms with Crippen molar-refractivity contribution in [3.63, 3.8) is 0 Å². The summed E-state index contributed by atoms with van der Waals surface area (Å²) in [6.07, 6.45) is 25.1. The van der Waals surface area contributed by atoms with Crippen molar-refractivity contribution >= 4 is 5.57 Å². The Labute approximate surface area is 181 Å². The highest BCUT2D eigenvalue weighted by Gasteiger charge is 2.22. The third-order valence-electron chi connectivity index (χ3n) is 7.80. The molecule has 1 atom stereocenters. The summed E-state index contributed by atoms with van der Waals surface area (Å²) in [7, 11) is 0. The number of unbranched alkanes of at least 4 members (excludes halogenated alkanes) is 5. The van der Waals surface area contributed by atoms with E-state index in [1.54, 1.807) is 11.1 Å². The maximum atomic E-state index is 2.56. The molecular weight excluding hydrogens is 348 g/mol. The molecule has 0 nitrogen and oxygen atoms in total. The molecule has 1 aromatic rings. The SMILES string of the molecule is CCCCCCC1CC=C(c2ccc(C3CCC(CCCCC)CC3)cc2)CC1. The minimum atomic E-state index is 0.819. The van der Waals surface area contributed by atoms with Gasteiger partial charge in [0.25, 0.3) is 0 Å². The number of hydrogen-bond acceptors (Lipinski definition) is 0. The van der Waals surface area contributed by atoms with Gasteiger partial charge in [0, 0.05) is 0 Å². The molecule has 0 aliphatic heterocycles. The Hall–Kier alpha value is -1.04. The van der Waals surface area contributed by atoms with E-state index in [-0.39, 0.29) is 0 Å². The fourth-order valence-electron chi connectivity index (χ4n) is 5.71. The second kappa shape index (κ2) is 12.6. The fourth-order valence-corrected chi connectivity index (χ4v) is 5.71. The van der Waals surface area contributed by atoms with Crippen LogP contribution in [0.25, 0.3) is 5.57 Å². The molecule has 0 radical (unpaired) electrons. The largest absolute Gasteiger partial charge is 0.0804 e. The molecule has 2 aliphatic rings. The van der Waals surface area contributed by atoms with Gasteiger partial charge in [-0.25, -0.2) is 0 Å². The number of rotatable bonds is 11. The molecule has 3 rings (SSSR count). The average molecular weight is 395 g/mol. The van der Waals surface area contributed by atoms with Gasteiger partial charge in [-0.2, -0.15) is 0 Å². The summed E-state index contributed by atoms with van der Waals surface area (Å²) in [4.78, 5) is 0. The first-order chi connectivity index (χ1) is 14.3. The lowest BCUT2D eigenvalue weighted by molar-refractivity contribution is 0.303. The number of hydrogen-bond donors (Lipinski definition) is 0. The Morgan fingerprint density at radius 2 is 1.34 bits per heavy atom. The van der Waals surface area contributed by atoms with E-state index in [0.29, 0.717) is 0 Å². The lowest BCUT2D eigenvalue weighted by atomic mass is 9.76. The van der Waals surface area contributed by atoms with Gasteiger partial charge < -0.3 is 0 Å². The van der Waals surface area contributed by atoms with Crippen LogP contribution < -0.4 is 0 Å². The highest BCUT2D eigenvalue weighted by Crippen LogP contribution is 2.39. The molecule has 1 fully saturated rings. The van der Waals surface area contributed by atoms with Crippen molar-refractivity contribution in [1.82, 2.24) is 0 Å². The Bertz CT molecular complexity index is 585. The first-order valence-corrected chi connectivity index (χ1v) is 13.1. The van der Waals surface area contributed by atoms with Crippen LogP contribution in [-0.4, -0.2) is 0 Å². The van der Waals surface area contributed by atoms with E-state index < -0.39 is 0 Å². The molecule has 0 heteroatoms. The summed E-state index contributed by atoms with van der Waals surface area (Å²) >= 11 is 0. The molecule has 1 saturated carbocycles. The van der Waals surface area contributed by atoms with Gasteiger partial charge in [0.05, 0.1) is 0 Å². The van der Waals surface area contributed by atoms with Crippen LogP contribution in [0.3, 0.4) is 0 Å². The minimum Gasteiger partial charge on any atom is -0.0804 e. The smallest absolute Gasteiger partial charge is 0.0162 e. The summed E-state index contributed by atoms with van der Waals surface area (Å²) < 4.78 is 0. The molecule has 0 spiro atoms. The molecule has 0 bridgehead atoms. The summed E-state index contributed by atoms with van der Waals surface area (Å²) in [6, 6.07) is 9.76. The number of benzene rings is 1. The highest BCUT2D eigenvalue weighted by molar-refractivity contribution is 5.66. The van der Waals surface area contributed by atoms with E-state index in [2.05, 4.69) is 44.2 Å². The molecule has 2 aliphatic carbocycles. The summed E-state index contributed by atoms with van der Waals surface area (Å²) in [6.45, 7) is 4.62. The molecule has 0 aromatic heterocycles. The molecule has 0 amide bonds. The maximum absolute atomic E-state index is 2.56. The molecular formula is C29H46. The molecule has 1 unspecified atom stereocenters. The third kappa shape index (κ3) is 7.30. The normalized spacial score (nSPS) is 25.0. The van der Waals surface area contributed by atoms with Gasteiger partial charge in [-0.05, 0) is 79.4 Å². The Balaban J connectivity index is 1.43. The molecule has 162 valence electrons. The third-order valence-corrected chi connectivity index (χ3v) is 7.80. The van der Waals surface area contributed by atoms with Gasteiger partial charge in [-0.1, -0.05) is 102 Å². The second-order valence-corrected chi connectivity index (χ2v) is 10.1. The van der Waals surface area contributed by atoms with Crippen LogP contribution >= 0.6 is 0 Å². The zero-order valence-electron chi connectivity index (χ0n) is 19.4. The van der Waals surface area contributed by atoms with Crippen LogP contribution in [0, 0.1) is 11.8 Å². The fraction of sp³-hybridized carbons (Fsp3) is 0.724. The quantitative estimate of drug-likeness (QED) is 0.328. The second-order valence-electron chi connectivity index (χ2n) is 10.1. The van der Waals surface area contributed by atoms with Crippen LogP contribution in [-0.2, 0) is 0 Å². The Morgan fingerprint density at radius 1 is 0.690 bits per heavy atom. The van der Waals surface area contributed by atoms with Crippen LogP contribution in [0.5, 0.6) is 0 Å². The zero-order valence-corrected chi connectivity index (χ0v) is 19.4. The van der Waals surface area contributed by atoms with Crippen LogP contribution in [0.1, 0.15) is 134 Å². The molecule has 0 heterocycles. The lowest BCUT2D eigenvalue weighted by Gasteiger charge is -2.29. The predicted molar refractivity (Wildman–Crippen MR) is 129 cm³/mol. The molecule has 0 saturated heterocycles. The van der Waals surface area contributed by atoms with Gasteiger partial charge in [0.15, 0.2) is 0 Å². The van der Waals surface area contributed by atoms with E-state index in [9.17, 15) is 0 Å². The zero-order chi connectivity index (χ0) is 20.3. The van der Waals surface area contributed by atoms with Gasteiger partial charge in [-0.15, -0.1) is 0 Å². The standard InChI is InChI=1S/C29H46/c1-3-5-7-9-11-25-14-18-27(19-15-25)29-22-20-28(21-23-29)26-16-12-24(13-17-26)10-8-6-4-2/h18,20-26H,3-17,19H2,1-2H3. The van der Waals surface area contributed by atoms with Gasteiger partial charge in [0.2, 0.25) is 0 Å². The summed E-state index contributed by atoms with van der Waals surface area (Å²) in [5.41, 5.74) is 4.71. The van der Waals surface area contributed by atoms with Crippen molar-refractivity contribution in [1.29, 1.82) is 0 Å². The van der Waals surface area contributed by atoms with E-state index in [4.69, 9.17) is 0 Å². The van der Waals surface area contributed by atoms with E-state index >= 15 is 0 Å². The van der Waals surface area contributed by atoms with Gasteiger partial charge in [0.1, 0.15) is 0 Å². The molecule has 0 N–H and O–H groups in total. The van der Waals surface area contributed by atoms with Crippen molar-refractivity contribution < 1.29 is 0 Å². The van der Waals surface area contributed by atoms with Crippen molar-refractivity contribution in [2.24, 2.45) is 11.8 Å². The van der Waals surface area contributed by atoms with Crippen LogP contribution in [0.2, 0.25) is 0 Å². The van der Waals surface area contributed by atoms with Crippen LogP contribution in [0.15, 0.2) is 30.3 Å². The average Bonchev–Trinajstić information content (AvgIpc) is 2.78. The first kappa shape index (κ1) is 22.6. The van der Waals surface area contributed by atoms with Gasteiger partial charge in [-0.3, -0.25) is 0 Å². The minimum absolute atomic E-state index is 0.819. The van der Waals surface area contributed by atoms with Crippen molar-refractivity contribution in [3.8, 4) is 0 Å².